The van der Waals surface area contributed by atoms with Gasteiger partial charge in [0.1, 0.15) is 0 Å². The lowest BCUT2D eigenvalue weighted by atomic mass is 10.0. The fourth-order valence-electron chi connectivity index (χ4n) is 1.83. The number of carbonyl (C=O) groups excluding carboxylic acids is 1. The van der Waals surface area contributed by atoms with Crippen molar-refractivity contribution >= 4 is 23.2 Å². The van der Waals surface area contributed by atoms with E-state index in [-0.39, 0.29) is 11.8 Å². The average molecular weight is 255 g/mol. The maximum absolute atomic E-state index is 12.0. The van der Waals surface area contributed by atoms with Gasteiger partial charge in [-0.05, 0) is 25.8 Å². The predicted octanol–water partition coefficient (Wildman–Crippen LogP) is 2.41. The number of aryl methyl sites for hydroxylation is 1. The number of aromatic nitrogens is 1. The zero-order valence-corrected chi connectivity index (χ0v) is 10.5. The van der Waals surface area contributed by atoms with E-state index >= 15 is 0 Å². The van der Waals surface area contributed by atoms with Crippen LogP contribution in [0.4, 0.5) is 5.69 Å². The lowest BCUT2D eigenvalue weighted by Gasteiger charge is -2.21. The van der Waals surface area contributed by atoms with Gasteiger partial charge >= 0.3 is 0 Å². The third-order valence-corrected chi connectivity index (χ3v) is 3.33. The Morgan fingerprint density at radius 2 is 2.47 bits per heavy atom. The Morgan fingerprint density at radius 1 is 1.65 bits per heavy atom. The van der Waals surface area contributed by atoms with Crippen molar-refractivity contribution in [1.29, 1.82) is 0 Å². The van der Waals surface area contributed by atoms with Crippen molar-refractivity contribution in [2.24, 2.45) is 5.92 Å². The van der Waals surface area contributed by atoms with Gasteiger partial charge in [0.15, 0.2) is 0 Å². The summed E-state index contributed by atoms with van der Waals surface area (Å²) in [5.74, 6) is -0.106. The number of nitrogens with one attached hydrogen (secondary N) is 1. The molecule has 1 saturated heterocycles. The summed E-state index contributed by atoms with van der Waals surface area (Å²) in [7, 11) is 0. The Kier molecular flexibility index (Phi) is 3.97. The van der Waals surface area contributed by atoms with Gasteiger partial charge < -0.3 is 10.1 Å². The van der Waals surface area contributed by atoms with Gasteiger partial charge in [0, 0.05) is 12.8 Å². The zero-order valence-electron chi connectivity index (χ0n) is 9.70. The molecule has 1 N–H and O–H groups in total. The number of halogens is 1. The highest BCUT2D eigenvalue weighted by atomic mass is 35.5. The molecule has 0 radical (unpaired) electrons. The molecule has 1 aliphatic heterocycles. The minimum absolute atomic E-state index is 0.0304. The summed E-state index contributed by atoms with van der Waals surface area (Å²) < 4.78 is 5.29. The van der Waals surface area contributed by atoms with Gasteiger partial charge in [0.05, 0.1) is 28.9 Å². The first kappa shape index (κ1) is 12.3. The molecule has 1 fully saturated rings. The van der Waals surface area contributed by atoms with E-state index < -0.39 is 0 Å². The number of pyridine rings is 1. The van der Waals surface area contributed by atoms with Gasteiger partial charge in [-0.25, -0.2) is 0 Å². The van der Waals surface area contributed by atoms with E-state index in [0.29, 0.717) is 23.0 Å². The third kappa shape index (κ3) is 2.96. The first-order chi connectivity index (χ1) is 8.18. The summed E-state index contributed by atoms with van der Waals surface area (Å²) in [4.78, 5) is 16.0. The van der Waals surface area contributed by atoms with Gasteiger partial charge in [-0.15, -0.1) is 0 Å². The molecule has 17 heavy (non-hydrogen) atoms. The molecule has 5 heteroatoms. The van der Waals surface area contributed by atoms with E-state index in [0.717, 1.165) is 19.4 Å². The lowest BCUT2D eigenvalue weighted by Crippen LogP contribution is -2.30. The Bertz CT molecular complexity index is 417. The summed E-state index contributed by atoms with van der Waals surface area (Å²) in [6, 6.07) is 1.71. The van der Waals surface area contributed by atoms with Crippen LogP contribution in [0.2, 0.25) is 5.02 Å². The standard InChI is InChI=1S/C12H15ClN2O2/c1-8-11(13)10(4-5-14-8)15-12(16)9-3-2-6-17-7-9/h4-5,9H,2-3,6-7H2,1H3,(H,14,15,16)/t9-/m1/s1. The second kappa shape index (κ2) is 5.47. The number of hydrogen-bond acceptors (Lipinski definition) is 3. The quantitative estimate of drug-likeness (QED) is 0.882. The molecule has 1 atom stereocenters. The minimum Gasteiger partial charge on any atom is -0.381 e. The maximum Gasteiger partial charge on any atom is 0.229 e. The number of ether oxygens (including phenoxy) is 1. The van der Waals surface area contributed by atoms with Crippen molar-refractivity contribution in [3.63, 3.8) is 0 Å². The number of rotatable bonds is 2. The topological polar surface area (TPSA) is 51.2 Å². The molecule has 1 aliphatic rings. The molecule has 0 saturated carbocycles. The molecule has 0 bridgehead atoms. The van der Waals surface area contributed by atoms with E-state index in [4.69, 9.17) is 16.3 Å². The van der Waals surface area contributed by atoms with Gasteiger partial charge in [0.2, 0.25) is 5.91 Å². The molecule has 92 valence electrons. The SMILES string of the molecule is Cc1nccc(NC(=O)[C@@H]2CCCOC2)c1Cl. The lowest BCUT2D eigenvalue weighted by molar-refractivity contribution is -0.123. The first-order valence-corrected chi connectivity index (χ1v) is 6.06. The maximum atomic E-state index is 12.0. The number of carbonyl (C=O) groups is 1. The minimum atomic E-state index is -0.0757. The number of anilines is 1. The molecule has 1 aromatic rings. The Morgan fingerprint density at radius 3 is 3.18 bits per heavy atom. The first-order valence-electron chi connectivity index (χ1n) is 5.68. The van der Waals surface area contributed by atoms with Crippen LogP contribution < -0.4 is 5.32 Å². The number of hydrogen-bond donors (Lipinski definition) is 1. The Balaban J connectivity index is 2.04. The number of amides is 1. The average Bonchev–Trinajstić information content (AvgIpc) is 2.36. The summed E-state index contributed by atoms with van der Waals surface area (Å²) in [5.41, 5.74) is 1.33. The van der Waals surface area contributed by atoms with Crippen molar-refractivity contribution in [1.82, 2.24) is 4.98 Å². The van der Waals surface area contributed by atoms with E-state index in [9.17, 15) is 4.79 Å². The largest absolute Gasteiger partial charge is 0.381 e. The molecule has 0 aromatic carbocycles. The molecule has 0 aliphatic carbocycles. The summed E-state index contributed by atoms with van der Waals surface area (Å²) in [6.07, 6.45) is 3.43. The summed E-state index contributed by atoms with van der Waals surface area (Å²) in [5, 5.41) is 3.33. The van der Waals surface area contributed by atoms with Crippen LogP contribution in [-0.4, -0.2) is 24.1 Å². The fourth-order valence-corrected chi connectivity index (χ4v) is 1.99. The molecule has 1 amide bonds. The van der Waals surface area contributed by atoms with Crippen LogP contribution in [0, 0.1) is 12.8 Å². The van der Waals surface area contributed by atoms with Crippen molar-refractivity contribution < 1.29 is 9.53 Å². The monoisotopic (exact) mass is 254 g/mol. The molecule has 2 rings (SSSR count). The molecule has 0 spiro atoms. The van der Waals surface area contributed by atoms with E-state index in [1.54, 1.807) is 12.3 Å². The second-order valence-electron chi connectivity index (χ2n) is 4.16. The highest BCUT2D eigenvalue weighted by molar-refractivity contribution is 6.34. The van der Waals surface area contributed by atoms with Gasteiger partial charge in [0.25, 0.3) is 0 Å². The van der Waals surface area contributed by atoms with Gasteiger partial charge in [-0.2, -0.15) is 0 Å². The Hall–Kier alpha value is -1.13. The van der Waals surface area contributed by atoms with Crippen molar-refractivity contribution in [2.45, 2.75) is 19.8 Å². The van der Waals surface area contributed by atoms with Crippen molar-refractivity contribution in [3.05, 3.63) is 23.0 Å². The van der Waals surface area contributed by atoms with Crippen LogP contribution in [0.15, 0.2) is 12.3 Å². The molecular formula is C12H15ClN2O2. The van der Waals surface area contributed by atoms with Crippen molar-refractivity contribution in [2.75, 3.05) is 18.5 Å². The third-order valence-electron chi connectivity index (χ3n) is 2.85. The van der Waals surface area contributed by atoms with Crippen LogP contribution in [0.5, 0.6) is 0 Å². The fraction of sp³-hybridized carbons (Fsp3) is 0.500. The van der Waals surface area contributed by atoms with Gasteiger partial charge in [-0.3, -0.25) is 9.78 Å². The smallest absolute Gasteiger partial charge is 0.229 e. The molecule has 0 unspecified atom stereocenters. The Labute approximate surface area is 105 Å². The van der Waals surface area contributed by atoms with Crippen LogP contribution >= 0.6 is 11.6 Å². The highest BCUT2D eigenvalue weighted by Crippen LogP contribution is 2.24. The van der Waals surface area contributed by atoms with E-state index in [1.807, 2.05) is 6.92 Å². The summed E-state index contributed by atoms with van der Waals surface area (Å²) >= 11 is 6.07. The number of nitrogens with zero attached hydrogens (tertiary/aromatic N) is 1. The molecular weight excluding hydrogens is 240 g/mol. The van der Waals surface area contributed by atoms with Crippen LogP contribution in [0.25, 0.3) is 0 Å². The second-order valence-corrected chi connectivity index (χ2v) is 4.54. The summed E-state index contributed by atoms with van der Waals surface area (Å²) in [6.45, 7) is 3.05. The molecule has 4 nitrogen and oxygen atoms in total. The van der Waals surface area contributed by atoms with E-state index in [2.05, 4.69) is 10.3 Å². The highest BCUT2D eigenvalue weighted by Gasteiger charge is 2.22. The normalized spacial score (nSPS) is 20.0. The predicted molar refractivity (Wildman–Crippen MR) is 66.2 cm³/mol. The van der Waals surface area contributed by atoms with Crippen molar-refractivity contribution in [3.8, 4) is 0 Å². The van der Waals surface area contributed by atoms with Crippen LogP contribution in [0.1, 0.15) is 18.5 Å². The molecule has 2 heterocycles. The van der Waals surface area contributed by atoms with Crippen LogP contribution in [-0.2, 0) is 9.53 Å². The zero-order chi connectivity index (χ0) is 12.3. The molecule has 1 aromatic heterocycles. The van der Waals surface area contributed by atoms with Crippen LogP contribution in [0.3, 0.4) is 0 Å². The van der Waals surface area contributed by atoms with E-state index in [1.165, 1.54) is 0 Å². The van der Waals surface area contributed by atoms with Gasteiger partial charge in [-0.1, -0.05) is 11.6 Å².